The molecule has 3 nitrogen and oxygen atoms in total. The summed E-state index contributed by atoms with van der Waals surface area (Å²) in [6, 6.07) is 0.429. The summed E-state index contributed by atoms with van der Waals surface area (Å²) in [7, 11) is 0. The van der Waals surface area contributed by atoms with Crippen LogP contribution in [0.3, 0.4) is 0 Å². The fraction of sp³-hybridized carbons (Fsp3) is 0.917. The zero-order chi connectivity index (χ0) is 11.3. The van der Waals surface area contributed by atoms with Gasteiger partial charge in [-0.25, -0.2) is 0 Å². The molecule has 16 heavy (non-hydrogen) atoms. The van der Waals surface area contributed by atoms with Crippen LogP contribution in [0.5, 0.6) is 0 Å². The molecule has 1 saturated heterocycles. The van der Waals surface area contributed by atoms with Crippen molar-refractivity contribution in [3.8, 4) is 0 Å². The molecule has 0 spiro atoms. The molecule has 1 aliphatic heterocycles. The molecule has 1 heterocycles. The van der Waals surface area contributed by atoms with Crippen molar-refractivity contribution in [2.45, 2.75) is 46.1 Å². The molecular weight excluding hydrogens is 224 g/mol. The van der Waals surface area contributed by atoms with Crippen molar-refractivity contribution in [2.24, 2.45) is 5.92 Å². The van der Waals surface area contributed by atoms with E-state index in [2.05, 4.69) is 26.1 Å². The number of carbonyl (C=O) groups is 1. The summed E-state index contributed by atoms with van der Waals surface area (Å²) >= 11 is 0. The van der Waals surface area contributed by atoms with Crippen LogP contribution < -0.4 is 5.32 Å². The molecule has 1 N–H and O–H groups in total. The maximum absolute atomic E-state index is 12.0. The van der Waals surface area contributed by atoms with Crippen LogP contribution in [-0.2, 0) is 4.79 Å². The van der Waals surface area contributed by atoms with Gasteiger partial charge in [-0.15, -0.1) is 12.4 Å². The van der Waals surface area contributed by atoms with E-state index in [-0.39, 0.29) is 12.4 Å². The predicted molar refractivity (Wildman–Crippen MR) is 70.0 cm³/mol. The average Bonchev–Trinajstić information content (AvgIpc) is 2.66. The van der Waals surface area contributed by atoms with E-state index >= 15 is 0 Å². The zero-order valence-electron chi connectivity index (χ0n) is 10.7. The molecule has 1 aliphatic rings. The number of rotatable bonds is 5. The van der Waals surface area contributed by atoms with Gasteiger partial charge in [0.15, 0.2) is 0 Å². The standard InChI is InChI=1S/C12H24N2O.ClH/c1-4-14(9-10(2)3)12(15)8-11-6-5-7-13-11;/h10-11,13H,4-9H2,1-3H3;1H. The Hall–Kier alpha value is -0.280. The molecule has 0 aliphatic carbocycles. The van der Waals surface area contributed by atoms with E-state index < -0.39 is 0 Å². The van der Waals surface area contributed by atoms with Crippen molar-refractivity contribution in [3.05, 3.63) is 0 Å². The maximum atomic E-state index is 12.0. The lowest BCUT2D eigenvalue weighted by Gasteiger charge is -2.24. The number of nitrogens with one attached hydrogen (secondary N) is 1. The second-order valence-electron chi connectivity index (χ2n) is 4.82. The Morgan fingerprint density at radius 2 is 2.19 bits per heavy atom. The van der Waals surface area contributed by atoms with Crippen LogP contribution in [0.2, 0.25) is 0 Å². The van der Waals surface area contributed by atoms with Crippen LogP contribution in [0.25, 0.3) is 0 Å². The van der Waals surface area contributed by atoms with Crippen molar-refractivity contribution >= 4 is 18.3 Å². The molecule has 0 aromatic carbocycles. The lowest BCUT2D eigenvalue weighted by molar-refractivity contribution is -0.132. The summed E-state index contributed by atoms with van der Waals surface area (Å²) < 4.78 is 0. The Labute approximate surface area is 105 Å². The Morgan fingerprint density at radius 3 is 2.62 bits per heavy atom. The number of carbonyl (C=O) groups excluding carboxylic acids is 1. The number of hydrogen-bond acceptors (Lipinski definition) is 2. The van der Waals surface area contributed by atoms with Crippen molar-refractivity contribution in [1.29, 1.82) is 0 Å². The first-order valence-electron chi connectivity index (χ1n) is 6.14. The fourth-order valence-electron chi connectivity index (χ4n) is 2.12. The SMILES string of the molecule is CCN(CC(C)C)C(=O)CC1CCCN1.Cl. The van der Waals surface area contributed by atoms with Crippen molar-refractivity contribution in [2.75, 3.05) is 19.6 Å². The Bertz CT molecular complexity index is 203. The van der Waals surface area contributed by atoms with E-state index in [1.54, 1.807) is 0 Å². The normalized spacial score (nSPS) is 19.6. The summed E-state index contributed by atoms with van der Waals surface area (Å²) in [5, 5.41) is 3.37. The molecule has 1 amide bonds. The summed E-state index contributed by atoms with van der Waals surface area (Å²) in [5.41, 5.74) is 0. The lowest BCUT2D eigenvalue weighted by atomic mass is 10.1. The molecule has 0 aromatic rings. The molecule has 0 aromatic heterocycles. The highest BCUT2D eigenvalue weighted by Crippen LogP contribution is 2.11. The van der Waals surface area contributed by atoms with Gasteiger partial charge in [0.1, 0.15) is 0 Å². The summed E-state index contributed by atoms with van der Waals surface area (Å²) in [4.78, 5) is 13.9. The third-order valence-corrected chi connectivity index (χ3v) is 2.90. The van der Waals surface area contributed by atoms with Crippen LogP contribution in [0, 0.1) is 5.92 Å². The van der Waals surface area contributed by atoms with Gasteiger partial charge in [-0.3, -0.25) is 4.79 Å². The average molecular weight is 249 g/mol. The Kier molecular flexibility index (Phi) is 7.77. The van der Waals surface area contributed by atoms with Crippen LogP contribution >= 0.6 is 12.4 Å². The van der Waals surface area contributed by atoms with Gasteiger partial charge in [0.25, 0.3) is 0 Å². The van der Waals surface area contributed by atoms with Gasteiger partial charge in [-0.2, -0.15) is 0 Å². The minimum absolute atomic E-state index is 0. The number of hydrogen-bond donors (Lipinski definition) is 1. The lowest BCUT2D eigenvalue weighted by Crippen LogP contribution is -2.37. The number of halogens is 1. The Balaban J connectivity index is 0.00000225. The van der Waals surface area contributed by atoms with Gasteiger partial charge in [-0.05, 0) is 32.2 Å². The molecule has 0 saturated carbocycles. The minimum atomic E-state index is 0. The first kappa shape index (κ1) is 15.7. The van der Waals surface area contributed by atoms with Crippen molar-refractivity contribution < 1.29 is 4.79 Å². The topological polar surface area (TPSA) is 32.3 Å². The van der Waals surface area contributed by atoms with Gasteiger partial charge < -0.3 is 10.2 Å². The van der Waals surface area contributed by atoms with Crippen LogP contribution in [0.1, 0.15) is 40.0 Å². The maximum Gasteiger partial charge on any atom is 0.224 e. The zero-order valence-corrected chi connectivity index (χ0v) is 11.5. The summed E-state index contributed by atoms with van der Waals surface area (Å²) in [5.74, 6) is 0.871. The fourth-order valence-corrected chi connectivity index (χ4v) is 2.12. The molecule has 0 radical (unpaired) electrons. The van der Waals surface area contributed by atoms with E-state index in [9.17, 15) is 4.79 Å². The van der Waals surface area contributed by atoms with Gasteiger partial charge >= 0.3 is 0 Å². The van der Waals surface area contributed by atoms with Gasteiger partial charge in [0, 0.05) is 25.6 Å². The van der Waals surface area contributed by atoms with Crippen molar-refractivity contribution in [3.63, 3.8) is 0 Å². The van der Waals surface area contributed by atoms with Crippen LogP contribution in [-0.4, -0.2) is 36.5 Å². The van der Waals surface area contributed by atoms with Gasteiger partial charge in [0.05, 0.1) is 0 Å². The molecule has 4 heteroatoms. The van der Waals surface area contributed by atoms with Gasteiger partial charge in [-0.1, -0.05) is 13.8 Å². The first-order chi connectivity index (χ1) is 7.13. The highest BCUT2D eigenvalue weighted by Gasteiger charge is 2.21. The smallest absolute Gasteiger partial charge is 0.224 e. The first-order valence-corrected chi connectivity index (χ1v) is 6.14. The minimum Gasteiger partial charge on any atom is -0.343 e. The van der Waals surface area contributed by atoms with Crippen molar-refractivity contribution in [1.82, 2.24) is 10.2 Å². The quantitative estimate of drug-likeness (QED) is 0.808. The largest absolute Gasteiger partial charge is 0.343 e. The predicted octanol–water partition coefficient (Wildman–Crippen LogP) is 2.05. The van der Waals surface area contributed by atoms with E-state index in [0.29, 0.717) is 24.3 Å². The van der Waals surface area contributed by atoms with E-state index in [1.165, 1.54) is 6.42 Å². The van der Waals surface area contributed by atoms with E-state index in [1.807, 2.05) is 4.90 Å². The molecule has 0 bridgehead atoms. The Morgan fingerprint density at radius 1 is 1.50 bits per heavy atom. The molecule has 1 unspecified atom stereocenters. The number of nitrogens with zero attached hydrogens (tertiary/aromatic N) is 1. The van der Waals surface area contributed by atoms with E-state index in [4.69, 9.17) is 0 Å². The second kappa shape index (κ2) is 7.91. The third kappa shape index (κ3) is 5.17. The van der Waals surface area contributed by atoms with Gasteiger partial charge in [0.2, 0.25) is 5.91 Å². The highest BCUT2D eigenvalue weighted by atomic mass is 35.5. The summed E-state index contributed by atoms with van der Waals surface area (Å²) in [6.07, 6.45) is 3.06. The molecule has 1 rings (SSSR count). The summed E-state index contributed by atoms with van der Waals surface area (Å²) in [6.45, 7) is 9.18. The van der Waals surface area contributed by atoms with Crippen LogP contribution in [0.4, 0.5) is 0 Å². The van der Waals surface area contributed by atoms with Crippen LogP contribution in [0.15, 0.2) is 0 Å². The monoisotopic (exact) mass is 248 g/mol. The molecule has 1 fully saturated rings. The second-order valence-corrected chi connectivity index (χ2v) is 4.82. The number of amides is 1. The highest BCUT2D eigenvalue weighted by molar-refractivity contribution is 5.85. The molecule has 96 valence electrons. The van der Waals surface area contributed by atoms with E-state index in [0.717, 1.165) is 26.1 Å². The molecular formula is C12H25ClN2O. The molecule has 1 atom stereocenters. The third-order valence-electron chi connectivity index (χ3n) is 2.90.